The fraction of sp³-hybridized carbons (Fsp3) is 0.667. The molecule has 2 atom stereocenters. The van der Waals surface area contributed by atoms with Crippen molar-refractivity contribution in [1.82, 2.24) is 10.2 Å². The minimum Gasteiger partial charge on any atom is -0.294 e. The van der Waals surface area contributed by atoms with Crippen LogP contribution >= 0.6 is 0 Å². The van der Waals surface area contributed by atoms with Gasteiger partial charge >= 0.3 is 0 Å². The van der Waals surface area contributed by atoms with E-state index in [1.54, 1.807) is 0 Å². The third-order valence-corrected chi connectivity index (χ3v) is 3.90. The second kappa shape index (κ2) is 5.59. The summed E-state index contributed by atoms with van der Waals surface area (Å²) in [5.74, 6) is 1.16. The standard InChI is InChI=1S/C15H22N2O/c1-4-14-13(9-11(3)16-17-14)15(18)12-7-5-6-10(2)8-12/h9-10,12H,4-8H2,1-3H3. The molecule has 2 rings (SSSR count). The molecule has 1 fully saturated rings. The topological polar surface area (TPSA) is 42.9 Å². The smallest absolute Gasteiger partial charge is 0.167 e. The molecule has 2 unspecified atom stereocenters. The Morgan fingerprint density at radius 3 is 2.83 bits per heavy atom. The molecular formula is C15H22N2O. The highest BCUT2D eigenvalue weighted by atomic mass is 16.1. The second-order valence-electron chi connectivity index (χ2n) is 5.53. The number of nitrogens with zero attached hydrogens (tertiary/aromatic N) is 2. The van der Waals surface area contributed by atoms with Crippen molar-refractivity contribution in [2.24, 2.45) is 11.8 Å². The lowest BCUT2D eigenvalue weighted by atomic mass is 9.78. The molecule has 1 saturated carbocycles. The van der Waals surface area contributed by atoms with Gasteiger partial charge in [0, 0.05) is 11.5 Å². The molecule has 98 valence electrons. The minimum atomic E-state index is 0.197. The predicted molar refractivity (Wildman–Crippen MR) is 71.6 cm³/mol. The van der Waals surface area contributed by atoms with E-state index in [1.807, 2.05) is 19.9 Å². The van der Waals surface area contributed by atoms with Gasteiger partial charge in [-0.15, -0.1) is 0 Å². The van der Waals surface area contributed by atoms with E-state index in [9.17, 15) is 4.79 Å². The van der Waals surface area contributed by atoms with Crippen molar-refractivity contribution in [1.29, 1.82) is 0 Å². The average Bonchev–Trinajstić information content (AvgIpc) is 2.38. The molecule has 0 amide bonds. The van der Waals surface area contributed by atoms with Crippen LogP contribution in [0, 0.1) is 18.8 Å². The van der Waals surface area contributed by atoms with Gasteiger partial charge in [0.15, 0.2) is 5.78 Å². The monoisotopic (exact) mass is 246 g/mol. The van der Waals surface area contributed by atoms with Gasteiger partial charge in [0.1, 0.15) is 0 Å². The summed E-state index contributed by atoms with van der Waals surface area (Å²) in [7, 11) is 0. The van der Waals surface area contributed by atoms with Gasteiger partial charge in [-0.25, -0.2) is 0 Å². The third-order valence-electron chi connectivity index (χ3n) is 3.90. The highest BCUT2D eigenvalue weighted by Crippen LogP contribution is 2.31. The summed E-state index contributed by atoms with van der Waals surface area (Å²) in [4.78, 5) is 12.6. The Morgan fingerprint density at radius 1 is 1.39 bits per heavy atom. The first kappa shape index (κ1) is 13.2. The third kappa shape index (κ3) is 2.77. The van der Waals surface area contributed by atoms with Gasteiger partial charge in [0.05, 0.1) is 11.4 Å². The summed E-state index contributed by atoms with van der Waals surface area (Å²) in [6.07, 6.45) is 5.28. The number of aromatic nitrogens is 2. The Kier molecular flexibility index (Phi) is 4.10. The Morgan fingerprint density at radius 2 is 2.17 bits per heavy atom. The molecule has 0 spiro atoms. The number of carbonyl (C=O) groups is 1. The molecule has 0 saturated heterocycles. The maximum absolute atomic E-state index is 12.6. The Labute approximate surface area is 109 Å². The fourth-order valence-corrected chi connectivity index (χ4v) is 2.88. The zero-order valence-corrected chi connectivity index (χ0v) is 11.6. The normalized spacial score (nSPS) is 23.9. The average molecular weight is 246 g/mol. The van der Waals surface area contributed by atoms with Crippen molar-refractivity contribution < 1.29 is 4.79 Å². The van der Waals surface area contributed by atoms with Crippen molar-refractivity contribution in [3.63, 3.8) is 0 Å². The molecule has 1 heterocycles. The number of hydrogen-bond donors (Lipinski definition) is 0. The lowest BCUT2D eigenvalue weighted by molar-refractivity contribution is 0.0866. The zero-order chi connectivity index (χ0) is 13.1. The lowest BCUT2D eigenvalue weighted by Gasteiger charge is -2.26. The van der Waals surface area contributed by atoms with Crippen LogP contribution in [0.3, 0.4) is 0 Å². The van der Waals surface area contributed by atoms with Crippen molar-refractivity contribution in [3.8, 4) is 0 Å². The van der Waals surface area contributed by atoms with Gasteiger partial charge in [0.25, 0.3) is 0 Å². The molecule has 3 nitrogen and oxygen atoms in total. The van der Waals surface area contributed by atoms with Crippen LogP contribution in [0.15, 0.2) is 6.07 Å². The second-order valence-corrected chi connectivity index (χ2v) is 5.53. The highest BCUT2D eigenvalue weighted by Gasteiger charge is 2.27. The SMILES string of the molecule is CCc1nnc(C)cc1C(=O)C1CCCC(C)C1. The van der Waals surface area contributed by atoms with Gasteiger partial charge in [-0.1, -0.05) is 26.7 Å². The molecule has 0 radical (unpaired) electrons. The summed E-state index contributed by atoms with van der Waals surface area (Å²) < 4.78 is 0. The van der Waals surface area contributed by atoms with Gasteiger partial charge in [-0.2, -0.15) is 10.2 Å². The first-order valence-electron chi connectivity index (χ1n) is 6.99. The van der Waals surface area contributed by atoms with Crippen LogP contribution in [0.1, 0.15) is 61.3 Å². The number of rotatable bonds is 3. The Balaban J connectivity index is 2.24. The van der Waals surface area contributed by atoms with Crippen molar-refractivity contribution in [3.05, 3.63) is 23.0 Å². The van der Waals surface area contributed by atoms with E-state index in [0.29, 0.717) is 5.92 Å². The summed E-state index contributed by atoms with van der Waals surface area (Å²) in [6.45, 7) is 6.17. The number of ketones is 1. The van der Waals surface area contributed by atoms with Crippen LogP contribution in [-0.2, 0) is 6.42 Å². The minimum absolute atomic E-state index is 0.197. The summed E-state index contributed by atoms with van der Waals surface area (Å²) in [5, 5.41) is 8.21. The molecule has 1 aliphatic rings. The largest absolute Gasteiger partial charge is 0.294 e. The summed E-state index contributed by atoms with van der Waals surface area (Å²) in [6, 6.07) is 1.91. The number of aryl methyl sites for hydroxylation is 2. The molecule has 0 N–H and O–H groups in total. The maximum Gasteiger partial charge on any atom is 0.167 e. The zero-order valence-electron chi connectivity index (χ0n) is 11.6. The summed E-state index contributed by atoms with van der Waals surface area (Å²) >= 11 is 0. The molecule has 1 aromatic rings. The van der Waals surface area contributed by atoms with Crippen LogP contribution in [-0.4, -0.2) is 16.0 Å². The van der Waals surface area contributed by atoms with Crippen LogP contribution < -0.4 is 0 Å². The Bertz CT molecular complexity index is 442. The van der Waals surface area contributed by atoms with Gasteiger partial charge in [-0.05, 0) is 38.2 Å². The number of hydrogen-bond acceptors (Lipinski definition) is 3. The highest BCUT2D eigenvalue weighted by molar-refractivity contribution is 5.98. The van der Waals surface area contributed by atoms with E-state index in [0.717, 1.165) is 36.2 Å². The van der Waals surface area contributed by atoms with Gasteiger partial charge in [0.2, 0.25) is 0 Å². The molecule has 3 heteroatoms. The van der Waals surface area contributed by atoms with Gasteiger partial charge in [-0.3, -0.25) is 4.79 Å². The molecule has 18 heavy (non-hydrogen) atoms. The van der Waals surface area contributed by atoms with E-state index in [4.69, 9.17) is 0 Å². The lowest BCUT2D eigenvalue weighted by Crippen LogP contribution is -2.23. The van der Waals surface area contributed by atoms with E-state index < -0.39 is 0 Å². The fourth-order valence-electron chi connectivity index (χ4n) is 2.88. The predicted octanol–water partition coefficient (Wildman–Crippen LogP) is 3.36. The quantitative estimate of drug-likeness (QED) is 0.768. The van der Waals surface area contributed by atoms with Crippen molar-refractivity contribution in [2.75, 3.05) is 0 Å². The van der Waals surface area contributed by atoms with Gasteiger partial charge < -0.3 is 0 Å². The van der Waals surface area contributed by atoms with Crippen LogP contribution in [0.25, 0.3) is 0 Å². The molecule has 1 aromatic heterocycles. The molecular weight excluding hydrogens is 224 g/mol. The van der Waals surface area contributed by atoms with E-state index in [-0.39, 0.29) is 11.7 Å². The maximum atomic E-state index is 12.6. The molecule has 1 aliphatic carbocycles. The molecule has 0 bridgehead atoms. The van der Waals surface area contributed by atoms with Crippen LogP contribution in [0.4, 0.5) is 0 Å². The van der Waals surface area contributed by atoms with Crippen molar-refractivity contribution in [2.45, 2.75) is 52.9 Å². The Hall–Kier alpha value is -1.25. The van der Waals surface area contributed by atoms with E-state index >= 15 is 0 Å². The first-order valence-corrected chi connectivity index (χ1v) is 6.99. The first-order chi connectivity index (χ1) is 8.61. The number of Topliss-reactive ketones (excluding diaryl/α,β-unsaturated/α-hetero) is 1. The summed E-state index contributed by atoms with van der Waals surface area (Å²) in [5.41, 5.74) is 2.49. The molecule has 0 aliphatic heterocycles. The van der Waals surface area contributed by atoms with Crippen LogP contribution in [0.5, 0.6) is 0 Å². The molecule has 0 aromatic carbocycles. The van der Waals surface area contributed by atoms with E-state index in [1.165, 1.54) is 12.8 Å². The number of carbonyl (C=O) groups excluding carboxylic acids is 1. The van der Waals surface area contributed by atoms with Crippen molar-refractivity contribution >= 4 is 5.78 Å². The van der Waals surface area contributed by atoms with Crippen LogP contribution in [0.2, 0.25) is 0 Å². The van der Waals surface area contributed by atoms with E-state index in [2.05, 4.69) is 17.1 Å².